The molecular formula is C17H24N2O5. The molecule has 7 nitrogen and oxygen atoms in total. The Hall–Kier alpha value is -2.57. The van der Waals surface area contributed by atoms with Crippen LogP contribution in [0.15, 0.2) is 30.3 Å². The molecule has 7 heteroatoms. The highest BCUT2D eigenvalue weighted by Gasteiger charge is 2.24. The van der Waals surface area contributed by atoms with Crippen molar-refractivity contribution in [1.82, 2.24) is 10.2 Å². The first-order chi connectivity index (χ1) is 11.3. The van der Waals surface area contributed by atoms with Gasteiger partial charge in [-0.05, 0) is 19.4 Å². The molecule has 0 radical (unpaired) electrons. The number of benzene rings is 1. The monoisotopic (exact) mass is 336 g/mol. The Morgan fingerprint density at radius 2 is 1.83 bits per heavy atom. The van der Waals surface area contributed by atoms with E-state index in [-0.39, 0.29) is 31.3 Å². The number of aliphatic carboxylic acids is 1. The predicted octanol–water partition coefficient (Wildman–Crippen LogP) is 1.67. The minimum absolute atomic E-state index is 0.0250. The van der Waals surface area contributed by atoms with Crippen LogP contribution in [0.3, 0.4) is 0 Å². The van der Waals surface area contributed by atoms with Crippen LogP contribution in [-0.4, -0.2) is 53.7 Å². The second kappa shape index (κ2) is 9.54. The average Bonchev–Trinajstić information content (AvgIpc) is 2.52. The molecule has 1 aromatic rings. The van der Waals surface area contributed by atoms with Crippen LogP contribution in [0.5, 0.6) is 0 Å². The van der Waals surface area contributed by atoms with Gasteiger partial charge in [-0.15, -0.1) is 0 Å². The van der Waals surface area contributed by atoms with Gasteiger partial charge in [0.1, 0.15) is 0 Å². The van der Waals surface area contributed by atoms with Crippen LogP contribution in [0, 0.1) is 0 Å². The Kier molecular flexibility index (Phi) is 7.74. The average molecular weight is 336 g/mol. The summed E-state index contributed by atoms with van der Waals surface area (Å²) in [6, 6.07) is 8.96. The number of hydrogen-bond donors (Lipinski definition) is 2. The van der Waals surface area contributed by atoms with Crippen LogP contribution in [0.2, 0.25) is 0 Å². The van der Waals surface area contributed by atoms with Gasteiger partial charge in [0, 0.05) is 32.5 Å². The third-order valence-corrected chi connectivity index (χ3v) is 3.22. The minimum atomic E-state index is -1.27. The number of amides is 2. The molecular weight excluding hydrogens is 312 g/mol. The summed E-state index contributed by atoms with van der Waals surface area (Å²) in [6.07, 6.45) is -1.83. The van der Waals surface area contributed by atoms with Gasteiger partial charge in [0.05, 0.1) is 0 Å². The maximum atomic E-state index is 12.0. The van der Waals surface area contributed by atoms with Crippen molar-refractivity contribution < 1.29 is 24.2 Å². The molecule has 0 saturated heterocycles. The molecule has 0 aliphatic carbocycles. The van der Waals surface area contributed by atoms with Gasteiger partial charge < -0.3 is 20.1 Å². The molecule has 0 saturated carbocycles. The van der Waals surface area contributed by atoms with Crippen molar-refractivity contribution in [2.24, 2.45) is 0 Å². The summed E-state index contributed by atoms with van der Waals surface area (Å²) in [7, 11) is 1.46. The van der Waals surface area contributed by atoms with Crippen LogP contribution in [-0.2, 0) is 20.7 Å². The summed E-state index contributed by atoms with van der Waals surface area (Å²) in [4.78, 5) is 36.0. The molecule has 2 N–H and O–H groups in total. The lowest BCUT2D eigenvalue weighted by Crippen LogP contribution is -2.38. The zero-order valence-electron chi connectivity index (χ0n) is 14.2. The number of carbonyl (C=O) groups excluding carboxylic acids is 2. The number of nitrogens with zero attached hydrogens (tertiary/aromatic N) is 1. The van der Waals surface area contributed by atoms with Gasteiger partial charge >= 0.3 is 12.1 Å². The highest BCUT2D eigenvalue weighted by molar-refractivity contribution is 5.79. The predicted molar refractivity (Wildman–Crippen MR) is 88.6 cm³/mol. The standard InChI is InChI=1S/C17H24N2O5/c1-12(2)18-15(20)9-10-19(3)17(23)24-14(16(21)22)11-13-7-5-4-6-8-13/h4-8,12,14H,9-11H2,1-3H3,(H,18,20)(H,21,22)/t14-/m0/s1. The Labute approximate surface area is 141 Å². The summed E-state index contributed by atoms with van der Waals surface area (Å²) in [6.45, 7) is 3.84. The lowest BCUT2D eigenvalue weighted by molar-refractivity contribution is -0.147. The van der Waals surface area contributed by atoms with Crippen molar-refractivity contribution in [3.63, 3.8) is 0 Å². The molecule has 0 bridgehead atoms. The van der Waals surface area contributed by atoms with Gasteiger partial charge in [-0.1, -0.05) is 30.3 Å². The molecule has 0 unspecified atom stereocenters. The molecule has 0 spiro atoms. The molecule has 0 heterocycles. The van der Waals surface area contributed by atoms with E-state index in [4.69, 9.17) is 4.74 Å². The zero-order chi connectivity index (χ0) is 18.1. The summed E-state index contributed by atoms with van der Waals surface area (Å²) < 4.78 is 5.05. The van der Waals surface area contributed by atoms with Crippen molar-refractivity contribution in [3.05, 3.63) is 35.9 Å². The molecule has 0 aliphatic heterocycles. The molecule has 2 amide bonds. The van der Waals surface area contributed by atoms with Crippen LogP contribution >= 0.6 is 0 Å². The topological polar surface area (TPSA) is 95.9 Å². The van der Waals surface area contributed by atoms with E-state index in [1.807, 2.05) is 19.9 Å². The zero-order valence-corrected chi connectivity index (χ0v) is 14.2. The van der Waals surface area contributed by atoms with E-state index in [9.17, 15) is 19.5 Å². The number of carbonyl (C=O) groups is 3. The lowest BCUT2D eigenvalue weighted by Gasteiger charge is -2.20. The molecule has 0 aliphatic rings. The van der Waals surface area contributed by atoms with Gasteiger partial charge in [0.15, 0.2) is 0 Å². The Morgan fingerprint density at radius 1 is 1.21 bits per heavy atom. The van der Waals surface area contributed by atoms with E-state index in [1.54, 1.807) is 24.3 Å². The van der Waals surface area contributed by atoms with Gasteiger partial charge in [0.25, 0.3) is 0 Å². The molecule has 0 fully saturated rings. The van der Waals surface area contributed by atoms with E-state index in [2.05, 4.69) is 5.32 Å². The number of carboxylic acids is 1. The minimum Gasteiger partial charge on any atom is -0.478 e. The van der Waals surface area contributed by atoms with Crippen LogP contribution in [0.25, 0.3) is 0 Å². The third kappa shape index (κ3) is 7.13. The van der Waals surface area contributed by atoms with Crippen molar-refractivity contribution in [2.75, 3.05) is 13.6 Å². The number of rotatable bonds is 8. The summed E-state index contributed by atoms with van der Waals surface area (Å²) in [5.41, 5.74) is 0.761. The fraction of sp³-hybridized carbons (Fsp3) is 0.471. The van der Waals surface area contributed by atoms with E-state index in [1.165, 1.54) is 11.9 Å². The van der Waals surface area contributed by atoms with Crippen LogP contribution < -0.4 is 5.32 Å². The first-order valence-electron chi connectivity index (χ1n) is 7.77. The molecule has 0 aromatic heterocycles. The van der Waals surface area contributed by atoms with E-state index in [0.29, 0.717) is 0 Å². The van der Waals surface area contributed by atoms with Crippen molar-refractivity contribution in [2.45, 2.75) is 38.8 Å². The van der Waals surface area contributed by atoms with Gasteiger partial charge in [-0.3, -0.25) is 4.79 Å². The fourth-order valence-electron chi connectivity index (χ4n) is 1.97. The normalized spacial score (nSPS) is 11.7. The third-order valence-electron chi connectivity index (χ3n) is 3.22. The Bertz CT molecular complexity index is 559. The van der Waals surface area contributed by atoms with E-state index >= 15 is 0 Å². The molecule has 24 heavy (non-hydrogen) atoms. The van der Waals surface area contributed by atoms with Gasteiger partial charge in [-0.2, -0.15) is 0 Å². The second-order valence-electron chi connectivity index (χ2n) is 5.79. The fourth-order valence-corrected chi connectivity index (χ4v) is 1.97. The largest absolute Gasteiger partial charge is 0.478 e. The molecule has 1 rings (SSSR count). The maximum absolute atomic E-state index is 12.0. The van der Waals surface area contributed by atoms with Gasteiger partial charge in [-0.25, -0.2) is 9.59 Å². The Balaban J connectivity index is 2.52. The number of carboxylic acid groups (broad SMARTS) is 1. The molecule has 1 aromatic carbocycles. The highest BCUT2D eigenvalue weighted by atomic mass is 16.6. The summed E-state index contributed by atoms with van der Waals surface area (Å²) in [5.74, 6) is -1.39. The summed E-state index contributed by atoms with van der Waals surface area (Å²) in [5, 5.41) is 11.9. The van der Waals surface area contributed by atoms with Crippen LogP contribution in [0.1, 0.15) is 25.8 Å². The molecule has 132 valence electrons. The van der Waals surface area contributed by atoms with Crippen molar-refractivity contribution in [1.29, 1.82) is 0 Å². The first kappa shape index (κ1) is 19.5. The maximum Gasteiger partial charge on any atom is 0.410 e. The van der Waals surface area contributed by atoms with Gasteiger partial charge in [0.2, 0.25) is 12.0 Å². The smallest absolute Gasteiger partial charge is 0.410 e. The quantitative estimate of drug-likeness (QED) is 0.753. The number of ether oxygens (including phenoxy) is 1. The second-order valence-corrected chi connectivity index (χ2v) is 5.79. The van der Waals surface area contributed by atoms with Crippen LogP contribution in [0.4, 0.5) is 4.79 Å². The van der Waals surface area contributed by atoms with E-state index < -0.39 is 18.2 Å². The number of nitrogens with one attached hydrogen (secondary N) is 1. The van der Waals surface area contributed by atoms with Crippen molar-refractivity contribution in [3.8, 4) is 0 Å². The Morgan fingerprint density at radius 3 is 2.38 bits per heavy atom. The number of hydrogen-bond acceptors (Lipinski definition) is 4. The first-order valence-corrected chi connectivity index (χ1v) is 7.77. The summed E-state index contributed by atoms with van der Waals surface area (Å²) >= 11 is 0. The van der Waals surface area contributed by atoms with E-state index in [0.717, 1.165) is 5.56 Å². The SMILES string of the molecule is CC(C)NC(=O)CCN(C)C(=O)O[C@@H](Cc1ccccc1)C(=O)O. The molecule has 1 atom stereocenters. The lowest BCUT2D eigenvalue weighted by atomic mass is 10.1. The van der Waals surface area contributed by atoms with Crippen molar-refractivity contribution >= 4 is 18.0 Å². The highest BCUT2D eigenvalue weighted by Crippen LogP contribution is 2.08.